The Bertz CT molecular complexity index is 2070. The van der Waals surface area contributed by atoms with Gasteiger partial charge in [-0.3, -0.25) is 19.1 Å². The molecule has 51 heavy (non-hydrogen) atoms. The van der Waals surface area contributed by atoms with Crippen molar-refractivity contribution in [3.63, 3.8) is 0 Å². The van der Waals surface area contributed by atoms with Gasteiger partial charge in [-0.25, -0.2) is 13.8 Å². The Hall–Kier alpha value is -4.40. The van der Waals surface area contributed by atoms with E-state index in [0.717, 1.165) is 28.2 Å². The van der Waals surface area contributed by atoms with E-state index in [9.17, 15) is 19.3 Å². The highest BCUT2D eigenvalue weighted by molar-refractivity contribution is 9.12. The highest BCUT2D eigenvalue weighted by Crippen LogP contribution is 2.76. The first kappa shape index (κ1) is 36.4. The van der Waals surface area contributed by atoms with Crippen LogP contribution in [0, 0.1) is 0 Å². The number of anilines is 1. The van der Waals surface area contributed by atoms with Crippen LogP contribution in [0.2, 0.25) is 0 Å². The third-order valence-corrected chi connectivity index (χ3v) is 17.6. The maximum atomic E-state index is 13.8. The Labute approximate surface area is 301 Å². The molecule has 5 aromatic rings. The molecule has 2 heterocycles. The second-order valence-electron chi connectivity index (χ2n) is 10.7. The van der Waals surface area contributed by atoms with E-state index in [1.807, 2.05) is 35.4 Å². The number of phenolic OH excluding ortho intramolecular Hbond substituents is 2. The molecule has 0 amide bonds. The second-order valence-corrected chi connectivity index (χ2v) is 20.0. The van der Waals surface area contributed by atoms with E-state index < -0.39 is 13.6 Å². The standard InChI is InChI=1S/C33H34N6O8P2S2/c1-4-44-48(42,46-30-18-6-24(7-19-30)32-22-38(35-34-32)26-10-14-28(40)15-11-26)50-51-49(43,45-5-2)47-31-20-8-25(9-21-31)33-23-39(36-37(33)3)27-12-16-29(41)17-13-27/h6-23,36,40-41H,4-5H2,1-3H3. The number of nitrogens with one attached hydrogen (secondary N) is 1. The Morgan fingerprint density at radius 3 is 1.71 bits per heavy atom. The third-order valence-electron chi connectivity index (χ3n) is 7.13. The van der Waals surface area contributed by atoms with Crippen LogP contribution in [0.5, 0.6) is 23.0 Å². The molecule has 2 unspecified atom stereocenters. The van der Waals surface area contributed by atoms with Crippen molar-refractivity contribution in [2.45, 2.75) is 13.8 Å². The third kappa shape index (κ3) is 9.10. The molecule has 1 aliphatic rings. The number of hydrogen-bond donors (Lipinski definition) is 3. The lowest BCUT2D eigenvalue weighted by atomic mass is 10.1. The second kappa shape index (κ2) is 15.9. The molecule has 0 saturated carbocycles. The normalized spacial score (nSPS) is 15.2. The Balaban J connectivity index is 1.10. The fourth-order valence-electron chi connectivity index (χ4n) is 4.75. The van der Waals surface area contributed by atoms with Crippen LogP contribution in [0.15, 0.2) is 109 Å². The molecule has 0 spiro atoms. The molecule has 1 aromatic heterocycles. The highest BCUT2D eigenvalue weighted by Gasteiger charge is 2.37. The van der Waals surface area contributed by atoms with E-state index >= 15 is 0 Å². The van der Waals surface area contributed by atoms with Gasteiger partial charge in [0.25, 0.3) is 0 Å². The van der Waals surface area contributed by atoms with Crippen LogP contribution in [0.4, 0.5) is 5.69 Å². The average molecular weight is 769 g/mol. The highest BCUT2D eigenvalue weighted by atomic mass is 33.5. The SMILES string of the molecule is CCOP(=O)(Oc1ccc(C2=CN(c3ccc(O)cc3)NN2C)cc1)SSP(=O)(OCC)Oc1ccc(-c2cn(-c3ccc(O)cc3)nn2)cc1. The minimum Gasteiger partial charge on any atom is -0.508 e. The van der Waals surface area contributed by atoms with Crippen molar-refractivity contribution in [3.8, 4) is 39.9 Å². The van der Waals surface area contributed by atoms with Gasteiger partial charge in [0.05, 0.1) is 57.3 Å². The Kier molecular flexibility index (Phi) is 11.3. The lowest BCUT2D eigenvalue weighted by molar-refractivity contribution is 0.294. The topological polar surface area (TPSA) is 161 Å². The van der Waals surface area contributed by atoms with Crippen LogP contribution < -0.4 is 19.6 Å². The van der Waals surface area contributed by atoms with Gasteiger partial charge in [-0.2, -0.15) is 0 Å². The van der Waals surface area contributed by atoms with Gasteiger partial charge < -0.3 is 19.3 Å². The molecule has 0 fully saturated rings. The molecule has 18 heteroatoms. The quantitative estimate of drug-likeness (QED) is 0.0685. The van der Waals surface area contributed by atoms with Gasteiger partial charge in [0, 0.05) is 24.4 Å². The Morgan fingerprint density at radius 2 is 1.20 bits per heavy atom. The minimum atomic E-state index is -3.90. The summed E-state index contributed by atoms with van der Waals surface area (Å²) in [5.41, 5.74) is 7.82. The Morgan fingerprint density at radius 1 is 0.706 bits per heavy atom. The molecule has 0 radical (unpaired) electrons. The monoisotopic (exact) mass is 768 g/mol. The van der Waals surface area contributed by atoms with Gasteiger partial charge in [0.15, 0.2) is 0 Å². The fourth-order valence-corrected chi connectivity index (χ4v) is 15.8. The number of benzene rings is 4. The van der Waals surface area contributed by atoms with E-state index in [1.54, 1.807) is 110 Å². The molecule has 266 valence electrons. The number of hydrogen-bond acceptors (Lipinski definition) is 15. The van der Waals surface area contributed by atoms with E-state index in [1.165, 1.54) is 0 Å². The lowest BCUT2D eigenvalue weighted by Crippen LogP contribution is -2.37. The number of aromatic hydroxyl groups is 2. The van der Waals surface area contributed by atoms with Crippen molar-refractivity contribution in [1.29, 1.82) is 0 Å². The van der Waals surface area contributed by atoms with Crippen molar-refractivity contribution in [1.82, 2.24) is 25.5 Å². The van der Waals surface area contributed by atoms with Crippen molar-refractivity contribution in [3.05, 3.63) is 115 Å². The van der Waals surface area contributed by atoms with Crippen molar-refractivity contribution in [2.75, 3.05) is 25.3 Å². The van der Waals surface area contributed by atoms with E-state index in [4.69, 9.17) is 18.1 Å². The van der Waals surface area contributed by atoms with Gasteiger partial charge in [-0.15, -0.1) is 10.6 Å². The van der Waals surface area contributed by atoms with Crippen molar-refractivity contribution >= 4 is 45.8 Å². The zero-order valence-corrected chi connectivity index (χ0v) is 31.0. The first-order chi connectivity index (χ1) is 24.5. The van der Waals surface area contributed by atoms with Crippen LogP contribution in [0.3, 0.4) is 0 Å². The molecule has 0 saturated heterocycles. The molecule has 1 aliphatic heterocycles. The minimum absolute atomic E-state index is 0.0773. The van der Waals surface area contributed by atoms with Crippen molar-refractivity contribution in [2.24, 2.45) is 0 Å². The first-order valence-corrected chi connectivity index (χ1v) is 22.0. The van der Waals surface area contributed by atoms with Crippen LogP contribution in [0.1, 0.15) is 19.4 Å². The number of nitrogens with zero attached hydrogens (tertiary/aromatic N) is 5. The van der Waals surface area contributed by atoms with Gasteiger partial charge in [-0.05, 0) is 111 Å². The van der Waals surface area contributed by atoms with E-state index in [2.05, 4.69) is 15.8 Å². The zero-order valence-electron chi connectivity index (χ0n) is 27.6. The molecule has 6 rings (SSSR count). The molecular formula is C33H34N6O8P2S2. The van der Waals surface area contributed by atoms with Gasteiger partial charge in [0.1, 0.15) is 28.7 Å². The van der Waals surface area contributed by atoms with Crippen LogP contribution in [-0.2, 0) is 18.2 Å². The maximum absolute atomic E-state index is 13.8. The molecule has 14 nitrogen and oxygen atoms in total. The first-order valence-electron chi connectivity index (χ1n) is 15.5. The summed E-state index contributed by atoms with van der Waals surface area (Å²) in [6, 6.07) is 27.1. The predicted octanol–water partition coefficient (Wildman–Crippen LogP) is 8.64. The number of phenols is 2. The summed E-state index contributed by atoms with van der Waals surface area (Å²) in [5.74, 6) is 0.886. The molecular weight excluding hydrogens is 734 g/mol. The smallest absolute Gasteiger partial charge is 0.451 e. The van der Waals surface area contributed by atoms with E-state index in [0.29, 0.717) is 32.3 Å². The summed E-state index contributed by atoms with van der Waals surface area (Å²) in [6.45, 7) is -4.28. The van der Waals surface area contributed by atoms with E-state index in [-0.39, 0.29) is 30.5 Å². The predicted molar refractivity (Wildman–Crippen MR) is 199 cm³/mol. The molecule has 4 aromatic carbocycles. The fraction of sp³-hybridized carbons (Fsp3) is 0.152. The number of aromatic nitrogens is 3. The van der Waals surface area contributed by atoms with Crippen LogP contribution in [0.25, 0.3) is 22.6 Å². The molecule has 0 bridgehead atoms. The van der Waals surface area contributed by atoms with Crippen LogP contribution in [-0.4, -0.2) is 50.5 Å². The number of hydrazine groups is 2. The lowest BCUT2D eigenvalue weighted by Gasteiger charge is -2.21. The summed E-state index contributed by atoms with van der Waals surface area (Å²) < 4.78 is 51.9. The molecule has 2 atom stereocenters. The van der Waals surface area contributed by atoms with Crippen molar-refractivity contribution < 1.29 is 37.4 Å². The summed E-state index contributed by atoms with van der Waals surface area (Å²) >= 11 is 0. The zero-order chi connectivity index (χ0) is 36.0. The summed E-state index contributed by atoms with van der Waals surface area (Å²) in [4.78, 5) is 0. The van der Waals surface area contributed by atoms with Gasteiger partial charge in [0.2, 0.25) is 0 Å². The summed E-state index contributed by atoms with van der Waals surface area (Å²) in [7, 11) is 3.19. The summed E-state index contributed by atoms with van der Waals surface area (Å²) in [5, 5.41) is 31.2. The summed E-state index contributed by atoms with van der Waals surface area (Å²) in [6.07, 6.45) is 3.65. The van der Waals surface area contributed by atoms with Gasteiger partial charge >= 0.3 is 13.6 Å². The number of rotatable bonds is 15. The molecule has 3 N–H and O–H groups in total. The van der Waals surface area contributed by atoms with Crippen LogP contribution >= 0.6 is 34.4 Å². The average Bonchev–Trinajstić information content (AvgIpc) is 3.77. The largest absolute Gasteiger partial charge is 0.508 e. The maximum Gasteiger partial charge on any atom is 0.451 e. The van der Waals surface area contributed by atoms with Gasteiger partial charge in [-0.1, -0.05) is 5.21 Å². The molecule has 0 aliphatic carbocycles.